The van der Waals surface area contributed by atoms with Crippen LogP contribution in [-0.2, 0) is 4.74 Å². The third-order valence-corrected chi connectivity index (χ3v) is 6.07. The molecule has 0 radical (unpaired) electrons. The van der Waals surface area contributed by atoms with Crippen molar-refractivity contribution in [1.29, 1.82) is 0 Å². The Kier molecular flexibility index (Phi) is 6.21. The molecule has 1 aromatic heterocycles. The molecular formula is C25H24N6O5. The third-order valence-electron chi connectivity index (χ3n) is 6.07. The van der Waals surface area contributed by atoms with Gasteiger partial charge in [0.05, 0.1) is 42.2 Å². The molecule has 36 heavy (non-hydrogen) atoms. The summed E-state index contributed by atoms with van der Waals surface area (Å²) in [5.41, 5.74) is 4.08. The fraction of sp³-hybridized carbons (Fsp3) is 0.240. The van der Waals surface area contributed by atoms with Gasteiger partial charge in [-0.2, -0.15) is 4.80 Å². The molecule has 4 aromatic rings. The number of aromatic nitrogens is 3. The number of amides is 1. The Morgan fingerprint density at radius 3 is 2.42 bits per heavy atom. The van der Waals surface area contributed by atoms with Crippen LogP contribution in [0.5, 0.6) is 5.75 Å². The summed E-state index contributed by atoms with van der Waals surface area (Å²) in [5, 5.41) is 23.4. The van der Waals surface area contributed by atoms with E-state index >= 15 is 0 Å². The van der Waals surface area contributed by atoms with Crippen LogP contribution < -0.4 is 15.0 Å². The van der Waals surface area contributed by atoms with E-state index in [1.807, 2.05) is 42.2 Å². The number of methoxy groups -OCH3 is 1. The molecular weight excluding hydrogens is 464 g/mol. The number of aryl methyl sites for hydroxylation is 1. The summed E-state index contributed by atoms with van der Waals surface area (Å²) in [5.74, 6) is 0.291. The second-order valence-electron chi connectivity index (χ2n) is 8.36. The fourth-order valence-electron chi connectivity index (χ4n) is 4.12. The molecule has 0 unspecified atom stereocenters. The summed E-state index contributed by atoms with van der Waals surface area (Å²) in [7, 11) is 1.60. The summed E-state index contributed by atoms with van der Waals surface area (Å²) in [6.45, 7) is 4.10. The van der Waals surface area contributed by atoms with Gasteiger partial charge in [0.2, 0.25) is 0 Å². The molecule has 184 valence electrons. The van der Waals surface area contributed by atoms with E-state index in [-0.39, 0.29) is 11.3 Å². The van der Waals surface area contributed by atoms with E-state index in [1.165, 1.54) is 16.9 Å². The summed E-state index contributed by atoms with van der Waals surface area (Å²) >= 11 is 0. The predicted octanol–water partition coefficient (Wildman–Crippen LogP) is 3.73. The normalized spacial score (nSPS) is 13.6. The number of morpholine rings is 1. The van der Waals surface area contributed by atoms with E-state index in [0.717, 1.165) is 17.0 Å². The molecule has 0 atom stereocenters. The van der Waals surface area contributed by atoms with Crippen LogP contribution in [-0.4, -0.2) is 59.2 Å². The van der Waals surface area contributed by atoms with Crippen molar-refractivity contribution in [2.45, 2.75) is 6.92 Å². The number of nitro groups is 1. The van der Waals surface area contributed by atoms with Crippen molar-refractivity contribution < 1.29 is 19.2 Å². The average molecular weight is 489 g/mol. The lowest BCUT2D eigenvalue weighted by molar-refractivity contribution is -0.384. The Hall–Kier alpha value is -4.51. The molecule has 5 rings (SSSR count). The molecule has 0 saturated carbocycles. The minimum Gasteiger partial charge on any atom is -0.497 e. The lowest BCUT2D eigenvalue weighted by Crippen LogP contribution is -2.37. The highest BCUT2D eigenvalue weighted by molar-refractivity contribution is 6.09. The van der Waals surface area contributed by atoms with Crippen LogP contribution >= 0.6 is 0 Å². The maximum absolute atomic E-state index is 13.4. The number of non-ortho nitro benzene ring substituents is 1. The van der Waals surface area contributed by atoms with Crippen molar-refractivity contribution in [3.8, 4) is 11.4 Å². The first-order chi connectivity index (χ1) is 17.4. The summed E-state index contributed by atoms with van der Waals surface area (Å²) in [6.07, 6.45) is 0. The quantitative estimate of drug-likeness (QED) is 0.322. The summed E-state index contributed by atoms with van der Waals surface area (Å²) < 4.78 is 10.6. The first-order valence-electron chi connectivity index (χ1n) is 11.4. The van der Waals surface area contributed by atoms with Gasteiger partial charge in [0.15, 0.2) is 0 Å². The molecule has 11 heteroatoms. The first-order valence-corrected chi connectivity index (χ1v) is 11.4. The van der Waals surface area contributed by atoms with Crippen molar-refractivity contribution in [2.75, 3.05) is 43.6 Å². The van der Waals surface area contributed by atoms with Gasteiger partial charge >= 0.3 is 0 Å². The maximum atomic E-state index is 13.4. The lowest BCUT2D eigenvalue weighted by atomic mass is 10.1. The van der Waals surface area contributed by atoms with Crippen molar-refractivity contribution in [3.63, 3.8) is 0 Å². The number of hydrogen-bond donors (Lipinski definition) is 1. The van der Waals surface area contributed by atoms with Crippen LogP contribution in [0, 0.1) is 17.0 Å². The van der Waals surface area contributed by atoms with E-state index in [1.54, 1.807) is 19.2 Å². The van der Waals surface area contributed by atoms with Crippen molar-refractivity contribution in [1.82, 2.24) is 15.0 Å². The molecule has 1 aliphatic rings. The summed E-state index contributed by atoms with van der Waals surface area (Å²) in [6, 6.07) is 15.3. The fourth-order valence-corrected chi connectivity index (χ4v) is 4.12. The Bertz CT molecular complexity index is 1440. The van der Waals surface area contributed by atoms with Crippen LogP contribution in [0.4, 0.5) is 17.1 Å². The van der Waals surface area contributed by atoms with Crippen molar-refractivity contribution >= 4 is 34.0 Å². The van der Waals surface area contributed by atoms with Gasteiger partial charge < -0.3 is 19.7 Å². The van der Waals surface area contributed by atoms with E-state index in [2.05, 4.69) is 15.5 Å². The van der Waals surface area contributed by atoms with Gasteiger partial charge in [-0.3, -0.25) is 14.9 Å². The monoisotopic (exact) mass is 488 g/mol. The second kappa shape index (κ2) is 9.62. The number of anilines is 2. The van der Waals surface area contributed by atoms with Gasteiger partial charge in [-0.1, -0.05) is 0 Å². The van der Waals surface area contributed by atoms with Crippen LogP contribution in [0.3, 0.4) is 0 Å². The zero-order chi connectivity index (χ0) is 25.2. The second-order valence-corrected chi connectivity index (χ2v) is 8.36. The number of nitrogens with zero attached hydrogens (tertiary/aromatic N) is 5. The third kappa shape index (κ3) is 4.56. The van der Waals surface area contributed by atoms with Gasteiger partial charge in [-0.05, 0) is 55.0 Å². The van der Waals surface area contributed by atoms with Gasteiger partial charge in [0.1, 0.15) is 16.8 Å². The van der Waals surface area contributed by atoms with Gasteiger partial charge in [0, 0.05) is 30.9 Å². The molecule has 1 fully saturated rings. The standard InChI is InChI=1S/C25H24N6O5/c1-16-13-22-23(28-30(27-22)17-3-6-19(35-2)7-4-17)15-21(16)26-25(32)20-14-18(31(33)34)5-8-24(20)29-9-11-36-12-10-29/h3-8,13-15H,9-12H2,1-2H3,(H,26,32). The molecule has 1 N–H and O–H groups in total. The molecule has 1 amide bonds. The molecule has 0 aliphatic carbocycles. The minimum atomic E-state index is -0.505. The van der Waals surface area contributed by atoms with Crippen LogP contribution in [0.2, 0.25) is 0 Å². The Balaban J connectivity index is 1.46. The van der Waals surface area contributed by atoms with Crippen LogP contribution in [0.15, 0.2) is 54.6 Å². The number of hydrogen-bond acceptors (Lipinski definition) is 8. The number of ether oxygens (including phenoxy) is 2. The van der Waals surface area contributed by atoms with E-state index in [0.29, 0.717) is 48.7 Å². The first kappa shape index (κ1) is 23.2. The van der Waals surface area contributed by atoms with Gasteiger partial charge in [-0.15, -0.1) is 10.2 Å². The highest BCUT2D eigenvalue weighted by Gasteiger charge is 2.23. The molecule has 3 aromatic carbocycles. The Morgan fingerprint density at radius 2 is 1.75 bits per heavy atom. The van der Waals surface area contributed by atoms with Crippen molar-refractivity contribution in [2.24, 2.45) is 0 Å². The smallest absolute Gasteiger partial charge is 0.270 e. The molecule has 1 saturated heterocycles. The van der Waals surface area contributed by atoms with Gasteiger partial charge in [-0.25, -0.2) is 0 Å². The zero-order valence-electron chi connectivity index (χ0n) is 19.8. The molecule has 0 bridgehead atoms. The minimum absolute atomic E-state index is 0.147. The maximum Gasteiger partial charge on any atom is 0.270 e. The average Bonchev–Trinajstić information content (AvgIpc) is 3.31. The van der Waals surface area contributed by atoms with E-state index in [9.17, 15) is 14.9 Å². The summed E-state index contributed by atoms with van der Waals surface area (Å²) in [4.78, 5) is 27.8. The zero-order valence-corrected chi connectivity index (χ0v) is 19.8. The predicted molar refractivity (Wildman–Crippen MR) is 134 cm³/mol. The Labute approximate surface area is 206 Å². The molecule has 0 spiro atoms. The van der Waals surface area contributed by atoms with Crippen LogP contribution in [0.25, 0.3) is 16.7 Å². The number of carbonyl (C=O) groups is 1. The number of nitrogens with one attached hydrogen (secondary N) is 1. The van der Waals surface area contributed by atoms with Crippen LogP contribution in [0.1, 0.15) is 15.9 Å². The lowest BCUT2D eigenvalue weighted by Gasteiger charge is -2.30. The molecule has 1 aliphatic heterocycles. The number of nitro benzene ring substituents is 1. The number of rotatable bonds is 6. The van der Waals surface area contributed by atoms with E-state index in [4.69, 9.17) is 9.47 Å². The van der Waals surface area contributed by atoms with Crippen molar-refractivity contribution in [3.05, 3.63) is 75.8 Å². The SMILES string of the molecule is COc1ccc(-n2nc3cc(C)c(NC(=O)c4cc([N+](=O)[O-])ccc4N4CCOCC4)cc3n2)cc1. The highest BCUT2D eigenvalue weighted by Crippen LogP contribution is 2.29. The highest BCUT2D eigenvalue weighted by atomic mass is 16.6. The Morgan fingerprint density at radius 1 is 1.06 bits per heavy atom. The number of carbonyl (C=O) groups excluding carboxylic acids is 1. The number of benzene rings is 3. The number of fused-ring (bicyclic) bond motifs is 1. The van der Waals surface area contributed by atoms with Gasteiger partial charge in [0.25, 0.3) is 11.6 Å². The largest absolute Gasteiger partial charge is 0.497 e. The van der Waals surface area contributed by atoms with E-state index < -0.39 is 10.8 Å². The topological polar surface area (TPSA) is 125 Å². The molecule has 2 heterocycles. The molecule has 11 nitrogen and oxygen atoms in total.